The molecule has 1 aromatic rings. The van der Waals surface area contributed by atoms with Gasteiger partial charge in [0.15, 0.2) is 0 Å². The van der Waals surface area contributed by atoms with E-state index in [1.54, 1.807) is 24.1 Å². The van der Waals surface area contributed by atoms with E-state index >= 15 is 0 Å². The van der Waals surface area contributed by atoms with Crippen LogP contribution in [0, 0.1) is 16.0 Å². The van der Waals surface area contributed by atoms with Crippen LogP contribution in [0.5, 0.6) is 0 Å². The zero-order chi connectivity index (χ0) is 14.7. The summed E-state index contributed by atoms with van der Waals surface area (Å²) in [5.74, 6) is 0.405. The molecule has 0 aromatic heterocycles. The van der Waals surface area contributed by atoms with Gasteiger partial charge in [0, 0.05) is 25.2 Å². The Morgan fingerprint density at radius 2 is 2.10 bits per heavy atom. The molecule has 1 aliphatic rings. The van der Waals surface area contributed by atoms with Gasteiger partial charge in [-0.05, 0) is 46.8 Å². The van der Waals surface area contributed by atoms with Crippen LogP contribution in [0.15, 0.2) is 22.7 Å². The lowest BCUT2D eigenvalue weighted by Gasteiger charge is -2.21. The zero-order valence-corrected chi connectivity index (χ0v) is 12.9. The van der Waals surface area contributed by atoms with Gasteiger partial charge in [-0.25, -0.2) is 0 Å². The monoisotopic (exact) mass is 340 g/mol. The molecule has 0 radical (unpaired) electrons. The number of rotatable bonds is 4. The van der Waals surface area contributed by atoms with E-state index in [1.165, 1.54) is 18.9 Å². The van der Waals surface area contributed by atoms with Gasteiger partial charge in [-0.3, -0.25) is 14.9 Å². The second-order valence-corrected chi connectivity index (χ2v) is 6.11. The fourth-order valence-corrected chi connectivity index (χ4v) is 3.06. The Balaban J connectivity index is 2.11. The quantitative estimate of drug-likeness (QED) is 0.621. The van der Waals surface area contributed by atoms with Crippen molar-refractivity contribution in [3.05, 3.63) is 38.3 Å². The van der Waals surface area contributed by atoms with E-state index in [1.807, 2.05) is 0 Å². The molecule has 1 fully saturated rings. The van der Waals surface area contributed by atoms with Crippen molar-refractivity contribution in [1.29, 1.82) is 0 Å². The first-order chi connectivity index (χ1) is 9.49. The lowest BCUT2D eigenvalue weighted by atomic mass is 10.1. The van der Waals surface area contributed by atoms with Gasteiger partial charge >= 0.3 is 0 Å². The third-order valence-electron chi connectivity index (χ3n) is 3.74. The van der Waals surface area contributed by atoms with Crippen LogP contribution in [-0.4, -0.2) is 29.3 Å². The molecule has 0 unspecified atom stereocenters. The maximum absolute atomic E-state index is 12.3. The van der Waals surface area contributed by atoms with Crippen molar-refractivity contribution in [2.75, 3.05) is 13.6 Å². The Morgan fingerprint density at radius 1 is 1.45 bits per heavy atom. The van der Waals surface area contributed by atoms with Crippen molar-refractivity contribution >= 4 is 27.5 Å². The Morgan fingerprint density at radius 3 is 2.70 bits per heavy atom. The molecule has 0 saturated heterocycles. The summed E-state index contributed by atoms with van der Waals surface area (Å²) in [5, 5.41) is 10.9. The fourth-order valence-electron chi connectivity index (χ4n) is 2.67. The maximum atomic E-state index is 12.3. The molecule has 0 atom stereocenters. The number of carbonyl (C=O) groups excluding carboxylic acids is 1. The zero-order valence-electron chi connectivity index (χ0n) is 11.3. The van der Waals surface area contributed by atoms with E-state index in [0.29, 0.717) is 16.0 Å². The Labute approximate surface area is 126 Å². The number of amides is 1. The number of nitrogens with zero attached hydrogens (tertiary/aromatic N) is 2. The highest BCUT2D eigenvalue weighted by Gasteiger charge is 2.22. The molecule has 2 rings (SSSR count). The molecular formula is C14H17BrN2O3. The molecule has 0 heterocycles. The van der Waals surface area contributed by atoms with E-state index in [-0.39, 0.29) is 11.6 Å². The van der Waals surface area contributed by atoms with E-state index in [0.717, 1.165) is 19.4 Å². The lowest BCUT2D eigenvalue weighted by molar-refractivity contribution is -0.385. The Bertz CT molecular complexity index is 527. The van der Waals surface area contributed by atoms with Crippen molar-refractivity contribution in [1.82, 2.24) is 4.90 Å². The van der Waals surface area contributed by atoms with E-state index in [2.05, 4.69) is 15.9 Å². The number of hydrogen-bond donors (Lipinski definition) is 0. The molecule has 5 nitrogen and oxygen atoms in total. The van der Waals surface area contributed by atoms with Crippen LogP contribution in [0.2, 0.25) is 0 Å². The van der Waals surface area contributed by atoms with Crippen molar-refractivity contribution in [2.45, 2.75) is 25.7 Å². The molecule has 6 heteroatoms. The standard InChI is InChI=1S/C14H17BrN2O3/c1-16(9-10-4-2-3-5-10)14(18)11-6-7-12(15)13(8-11)17(19)20/h6-8,10H,2-5,9H2,1H3. The van der Waals surface area contributed by atoms with Crippen LogP contribution in [-0.2, 0) is 0 Å². The van der Waals surface area contributed by atoms with Crippen LogP contribution in [0.1, 0.15) is 36.0 Å². The molecule has 20 heavy (non-hydrogen) atoms. The number of hydrogen-bond acceptors (Lipinski definition) is 3. The highest BCUT2D eigenvalue weighted by Crippen LogP contribution is 2.28. The Hall–Kier alpha value is -1.43. The molecule has 1 aliphatic carbocycles. The second kappa shape index (κ2) is 6.35. The van der Waals surface area contributed by atoms with Gasteiger partial charge in [0.2, 0.25) is 0 Å². The van der Waals surface area contributed by atoms with Gasteiger partial charge in [-0.15, -0.1) is 0 Å². The number of nitro groups is 1. The first-order valence-electron chi connectivity index (χ1n) is 6.68. The summed E-state index contributed by atoms with van der Waals surface area (Å²) in [6, 6.07) is 4.50. The average molecular weight is 341 g/mol. The summed E-state index contributed by atoms with van der Waals surface area (Å²) in [4.78, 5) is 24.4. The molecule has 0 spiro atoms. The maximum Gasteiger partial charge on any atom is 0.284 e. The SMILES string of the molecule is CN(CC1CCCC1)C(=O)c1ccc(Br)c([N+](=O)[O-])c1. The molecular weight excluding hydrogens is 324 g/mol. The summed E-state index contributed by atoms with van der Waals surface area (Å²) in [6.07, 6.45) is 4.79. The first-order valence-corrected chi connectivity index (χ1v) is 7.47. The van der Waals surface area contributed by atoms with Crippen LogP contribution in [0.4, 0.5) is 5.69 Å². The predicted octanol–water partition coefficient (Wildman–Crippen LogP) is 3.62. The minimum absolute atomic E-state index is 0.0786. The summed E-state index contributed by atoms with van der Waals surface area (Å²) in [5.41, 5.74) is 0.283. The molecule has 0 N–H and O–H groups in total. The summed E-state index contributed by atoms with van der Waals surface area (Å²) >= 11 is 3.12. The molecule has 1 aromatic carbocycles. The first kappa shape index (κ1) is 15.0. The minimum atomic E-state index is -0.488. The summed E-state index contributed by atoms with van der Waals surface area (Å²) in [6.45, 7) is 0.725. The minimum Gasteiger partial charge on any atom is -0.341 e. The van der Waals surface area contributed by atoms with Crippen LogP contribution in [0.25, 0.3) is 0 Å². The average Bonchev–Trinajstić information content (AvgIpc) is 2.91. The fraction of sp³-hybridized carbons (Fsp3) is 0.500. The molecule has 0 bridgehead atoms. The topological polar surface area (TPSA) is 63.5 Å². The normalized spacial score (nSPS) is 15.3. The molecule has 1 amide bonds. The van der Waals surface area contributed by atoms with Crippen LogP contribution >= 0.6 is 15.9 Å². The van der Waals surface area contributed by atoms with Gasteiger partial charge < -0.3 is 4.90 Å². The molecule has 108 valence electrons. The number of halogens is 1. The smallest absolute Gasteiger partial charge is 0.284 e. The molecule has 1 saturated carbocycles. The number of benzene rings is 1. The van der Waals surface area contributed by atoms with Crippen LogP contribution in [0.3, 0.4) is 0 Å². The van der Waals surface area contributed by atoms with Crippen molar-refractivity contribution in [3.63, 3.8) is 0 Å². The number of nitro benzene ring substituents is 1. The summed E-state index contributed by atoms with van der Waals surface area (Å²) < 4.78 is 0.387. The van der Waals surface area contributed by atoms with E-state index < -0.39 is 4.92 Å². The van der Waals surface area contributed by atoms with E-state index in [4.69, 9.17) is 0 Å². The number of carbonyl (C=O) groups is 1. The summed E-state index contributed by atoms with van der Waals surface area (Å²) in [7, 11) is 1.76. The highest BCUT2D eigenvalue weighted by atomic mass is 79.9. The van der Waals surface area contributed by atoms with Crippen LogP contribution < -0.4 is 0 Å². The third-order valence-corrected chi connectivity index (χ3v) is 4.41. The van der Waals surface area contributed by atoms with Crippen molar-refractivity contribution in [2.24, 2.45) is 5.92 Å². The highest BCUT2D eigenvalue weighted by molar-refractivity contribution is 9.10. The van der Waals surface area contributed by atoms with Gasteiger partial charge in [0.05, 0.1) is 9.40 Å². The molecule has 0 aliphatic heterocycles. The van der Waals surface area contributed by atoms with E-state index in [9.17, 15) is 14.9 Å². The van der Waals surface area contributed by atoms with Gasteiger partial charge in [-0.1, -0.05) is 12.8 Å². The lowest BCUT2D eigenvalue weighted by Crippen LogP contribution is -2.31. The van der Waals surface area contributed by atoms with Gasteiger partial charge in [0.25, 0.3) is 11.6 Å². The predicted molar refractivity (Wildman–Crippen MR) is 79.7 cm³/mol. The van der Waals surface area contributed by atoms with Gasteiger partial charge in [-0.2, -0.15) is 0 Å². The second-order valence-electron chi connectivity index (χ2n) is 5.26. The van der Waals surface area contributed by atoms with Gasteiger partial charge in [0.1, 0.15) is 0 Å². The largest absolute Gasteiger partial charge is 0.341 e. The van der Waals surface area contributed by atoms with Crippen molar-refractivity contribution in [3.8, 4) is 0 Å². The third kappa shape index (κ3) is 3.36. The van der Waals surface area contributed by atoms with Crippen molar-refractivity contribution < 1.29 is 9.72 Å². The Kier molecular flexibility index (Phi) is 4.75.